The maximum atomic E-state index is 11.2. The van der Waals surface area contributed by atoms with Gasteiger partial charge in [0.15, 0.2) is 6.29 Å². The minimum atomic E-state index is 0.698. The summed E-state index contributed by atoms with van der Waals surface area (Å²) in [7, 11) is 0. The van der Waals surface area contributed by atoms with Crippen molar-refractivity contribution in [1.82, 2.24) is 4.57 Å². The van der Waals surface area contributed by atoms with E-state index in [1.54, 1.807) is 0 Å². The Hall–Kier alpha value is -1.35. The molecule has 0 amide bonds. The molecule has 0 atom stereocenters. The van der Waals surface area contributed by atoms with Crippen LogP contribution in [0.3, 0.4) is 0 Å². The second-order valence-corrected chi connectivity index (χ2v) is 5.02. The van der Waals surface area contributed by atoms with Crippen LogP contribution < -0.4 is 0 Å². The van der Waals surface area contributed by atoms with Crippen LogP contribution in [0, 0.1) is 0 Å². The van der Waals surface area contributed by atoms with Gasteiger partial charge in [-0.05, 0) is 35.8 Å². The van der Waals surface area contributed by atoms with E-state index in [0.29, 0.717) is 5.69 Å². The summed E-state index contributed by atoms with van der Waals surface area (Å²) in [5.74, 6) is 0. The lowest BCUT2D eigenvalue weighted by atomic mass is 10.2. The van der Waals surface area contributed by atoms with Gasteiger partial charge in [-0.25, -0.2) is 0 Å². The molecule has 2 nitrogen and oxygen atoms in total. The quantitative estimate of drug-likeness (QED) is 0.614. The van der Waals surface area contributed by atoms with Gasteiger partial charge in [-0.1, -0.05) is 29.8 Å². The molecule has 0 saturated carbocycles. The van der Waals surface area contributed by atoms with E-state index in [1.165, 1.54) is 5.57 Å². The van der Waals surface area contributed by atoms with Gasteiger partial charge >= 0.3 is 0 Å². The lowest BCUT2D eigenvalue weighted by molar-refractivity contribution is 0.111. The first-order valence-corrected chi connectivity index (χ1v) is 6.29. The molecule has 2 aromatic rings. The molecule has 1 aromatic heterocycles. The van der Waals surface area contributed by atoms with Crippen molar-refractivity contribution in [3.05, 3.63) is 46.1 Å². The zero-order valence-corrected chi connectivity index (χ0v) is 11.5. The number of allylic oxidation sites excluding steroid dienone is 2. The van der Waals surface area contributed by atoms with Crippen molar-refractivity contribution in [3.8, 4) is 0 Å². The lowest BCUT2D eigenvalue weighted by Gasteiger charge is -2.04. The molecular formula is C14H14BrNO. The van der Waals surface area contributed by atoms with Crippen molar-refractivity contribution in [3.63, 3.8) is 0 Å². The van der Waals surface area contributed by atoms with Gasteiger partial charge < -0.3 is 4.57 Å². The smallest absolute Gasteiger partial charge is 0.167 e. The fourth-order valence-electron chi connectivity index (χ4n) is 1.87. The highest BCUT2D eigenvalue weighted by molar-refractivity contribution is 9.10. The van der Waals surface area contributed by atoms with E-state index in [0.717, 1.165) is 28.2 Å². The van der Waals surface area contributed by atoms with Gasteiger partial charge in [0.25, 0.3) is 0 Å². The van der Waals surface area contributed by atoms with Crippen molar-refractivity contribution < 1.29 is 4.79 Å². The normalized spacial score (nSPS) is 10.5. The summed E-state index contributed by atoms with van der Waals surface area (Å²) < 4.78 is 2.91. The highest BCUT2D eigenvalue weighted by Gasteiger charge is 2.13. The summed E-state index contributed by atoms with van der Waals surface area (Å²) in [6, 6.07) is 8.02. The fraction of sp³-hybridized carbons (Fsp3) is 0.214. The van der Waals surface area contributed by atoms with Gasteiger partial charge in [0, 0.05) is 11.9 Å². The van der Waals surface area contributed by atoms with Crippen LogP contribution in [0.25, 0.3) is 10.9 Å². The Morgan fingerprint density at radius 1 is 1.35 bits per heavy atom. The number of carbonyl (C=O) groups excluding carboxylic acids is 1. The van der Waals surface area contributed by atoms with Crippen molar-refractivity contribution in [1.29, 1.82) is 0 Å². The molecule has 0 bridgehead atoms. The molecule has 0 fully saturated rings. The maximum absolute atomic E-state index is 11.2. The molecule has 88 valence electrons. The van der Waals surface area contributed by atoms with E-state index in [4.69, 9.17) is 0 Å². The molecule has 0 spiro atoms. The number of aromatic nitrogens is 1. The van der Waals surface area contributed by atoms with E-state index in [2.05, 4.69) is 35.9 Å². The Morgan fingerprint density at radius 3 is 2.71 bits per heavy atom. The van der Waals surface area contributed by atoms with Crippen LogP contribution in [0.15, 0.2) is 40.4 Å². The zero-order valence-electron chi connectivity index (χ0n) is 9.90. The van der Waals surface area contributed by atoms with E-state index >= 15 is 0 Å². The second-order valence-electron chi connectivity index (χ2n) is 4.23. The number of benzene rings is 1. The lowest BCUT2D eigenvalue weighted by Crippen LogP contribution is -2.00. The van der Waals surface area contributed by atoms with Gasteiger partial charge in [-0.3, -0.25) is 4.79 Å². The summed E-state index contributed by atoms with van der Waals surface area (Å²) in [6.07, 6.45) is 3.02. The highest BCUT2D eigenvalue weighted by atomic mass is 79.9. The third kappa shape index (κ3) is 2.20. The monoisotopic (exact) mass is 291 g/mol. The Balaban J connectivity index is 2.66. The Labute approximate surface area is 109 Å². The van der Waals surface area contributed by atoms with Crippen molar-refractivity contribution in [2.24, 2.45) is 0 Å². The van der Waals surface area contributed by atoms with Gasteiger partial charge in [-0.15, -0.1) is 0 Å². The minimum Gasteiger partial charge on any atom is -0.333 e. The number of nitrogens with zero attached hydrogens (tertiary/aromatic N) is 1. The SMILES string of the molecule is CC(C)=CCn1c(C=O)c(Br)c2ccccc21. The summed E-state index contributed by atoms with van der Waals surface area (Å²) in [4.78, 5) is 11.2. The molecule has 0 aliphatic carbocycles. The molecule has 17 heavy (non-hydrogen) atoms. The molecule has 0 N–H and O–H groups in total. The third-order valence-corrected chi connectivity index (χ3v) is 3.57. The number of hydrogen-bond donors (Lipinski definition) is 0. The summed E-state index contributed by atoms with van der Waals surface area (Å²) in [5, 5.41) is 1.08. The number of halogens is 1. The molecule has 0 radical (unpaired) electrons. The van der Waals surface area contributed by atoms with Crippen LogP contribution in [0.1, 0.15) is 24.3 Å². The first-order valence-electron chi connectivity index (χ1n) is 5.50. The number of carbonyl (C=O) groups is 1. The molecule has 0 unspecified atom stereocenters. The molecule has 3 heteroatoms. The molecule has 1 aromatic carbocycles. The fourth-order valence-corrected chi connectivity index (χ4v) is 2.51. The van der Waals surface area contributed by atoms with Crippen molar-refractivity contribution >= 4 is 33.1 Å². The minimum absolute atomic E-state index is 0.698. The Kier molecular flexibility index (Phi) is 3.48. The number of rotatable bonds is 3. The zero-order chi connectivity index (χ0) is 12.4. The molecular weight excluding hydrogens is 278 g/mol. The summed E-state index contributed by atoms with van der Waals surface area (Å²) in [6.45, 7) is 4.84. The van der Waals surface area contributed by atoms with Crippen LogP contribution in [0.4, 0.5) is 0 Å². The van der Waals surface area contributed by atoms with Crippen LogP contribution in [-0.2, 0) is 6.54 Å². The van der Waals surface area contributed by atoms with E-state index in [-0.39, 0.29) is 0 Å². The van der Waals surface area contributed by atoms with E-state index in [9.17, 15) is 4.79 Å². The Bertz CT molecular complexity index is 592. The predicted octanol–water partition coefficient (Wildman–Crippen LogP) is 4.18. The first kappa shape index (κ1) is 12.1. The van der Waals surface area contributed by atoms with Gasteiger partial charge in [-0.2, -0.15) is 0 Å². The van der Waals surface area contributed by atoms with Gasteiger partial charge in [0.05, 0.1) is 15.7 Å². The van der Waals surface area contributed by atoms with Crippen molar-refractivity contribution in [2.45, 2.75) is 20.4 Å². The number of hydrogen-bond acceptors (Lipinski definition) is 1. The summed E-state index contributed by atoms with van der Waals surface area (Å²) in [5.41, 5.74) is 3.03. The van der Waals surface area contributed by atoms with Crippen LogP contribution in [0.2, 0.25) is 0 Å². The number of aldehydes is 1. The average molecular weight is 292 g/mol. The number of para-hydroxylation sites is 1. The number of fused-ring (bicyclic) bond motifs is 1. The topological polar surface area (TPSA) is 22.0 Å². The van der Waals surface area contributed by atoms with E-state index in [1.807, 2.05) is 28.8 Å². The maximum Gasteiger partial charge on any atom is 0.167 e. The highest BCUT2D eigenvalue weighted by Crippen LogP contribution is 2.30. The first-order chi connectivity index (χ1) is 8.15. The average Bonchev–Trinajstić information content (AvgIpc) is 2.60. The molecule has 0 saturated heterocycles. The Morgan fingerprint density at radius 2 is 2.06 bits per heavy atom. The molecule has 0 aliphatic rings. The second kappa shape index (κ2) is 4.88. The van der Waals surface area contributed by atoms with Crippen LogP contribution in [0.5, 0.6) is 0 Å². The van der Waals surface area contributed by atoms with Crippen LogP contribution in [-0.4, -0.2) is 10.9 Å². The molecule has 1 heterocycles. The van der Waals surface area contributed by atoms with Crippen molar-refractivity contribution in [2.75, 3.05) is 0 Å². The van der Waals surface area contributed by atoms with Crippen LogP contribution >= 0.6 is 15.9 Å². The standard InChI is InChI=1S/C14H14BrNO/c1-10(2)7-8-16-12-6-4-3-5-11(12)14(15)13(16)9-17/h3-7,9H,8H2,1-2H3. The predicted molar refractivity (Wildman–Crippen MR) is 74.5 cm³/mol. The third-order valence-electron chi connectivity index (χ3n) is 2.74. The molecule has 2 rings (SSSR count). The largest absolute Gasteiger partial charge is 0.333 e. The van der Waals surface area contributed by atoms with Gasteiger partial charge in [0.2, 0.25) is 0 Å². The molecule has 0 aliphatic heterocycles. The van der Waals surface area contributed by atoms with Gasteiger partial charge in [0.1, 0.15) is 0 Å². The van der Waals surface area contributed by atoms with E-state index < -0.39 is 0 Å². The summed E-state index contributed by atoms with van der Waals surface area (Å²) >= 11 is 3.50.